The van der Waals surface area contributed by atoms with Gasteiger partial charge in [-0.3, -0.25) is 4.40 Å². The minimum absolute atomic E-state index is 0.685. The molecule has 0 aliphatic rings. The average molecular weight is 239 g/mol. The van der Waals surface area contributed by atoms with Crippen molar-refractivity contribution in [2.24, 2.45) is 0 Å². The van der Waals surface area contributed by atoms with Gasteiger partial charge in [-0.25, -0.2) is 0 Å². The molecule has 5 nitrogen and oxygen atoms in total. The molecular weight excluding hydrogens is 226 g/mol. The summed E-state index contributed by atoms with van der Waals surface area (Å²) in [6, 6.07) is 13.8. The fourth-order valence-corrected chi connectivity index (χ4v) is 1.80. The molecule has 3 rings (SSSR count). The van der Waals surface area contributed by atoms with Gasteiger partial charge in [-0.1, -0.05) is 30.3 Å². The van der Waals surface area contributed by atoms with Crippen LogP contribution in [0.3, 0.4) is 0 Å². The number of rotatable bonds is 3. The first-order chi connectivity index (χ1) is 8.83. The molecule has 0 aliphatic heterocycles. The first kappa shape index (κ1) is 10.6. The second kappa shape index (κ2) is 4.37. The predicted octanol–water partition coefficient (Wildman–Crippen LogP) is 1.92. The van der Waals surface area contributed by atoms with E-state index in [9.17, 15) is 0 Å². The van der Waals surface area contributed by atoms with Crippen LogP contribution in [0.25, 0.3) is 5.65 Å². The summed E-state index contributed by atoms with van der Waals surface area (Å²) in [5.41, 5.74) is 8.41. The van der Waals surface area contributed by atoms with Gasteiger partial charge >= 0.3 is 0 Å². The summed E-state index contributed by atoms with van der Waals surface area (Å²) in [7, 11) is 0. The maximum atomic E-state index is 5.76. The van der Waals surface area contributed by atoms with Gasteiger partial charge in [0, 0.05) is 18.4 Å². The number of pyridine rings is 1. The van der Waals surface area contributed by atoms with E-state index in [4.69, 9.17) is 5.73 Å². The van der Waals surface area contributed by atoms with E-state index in [1.54, 1.807) is 0 Å². The Bertz CT molecular complexity index is 659. The maximum absolute atomic E-state index is 5.76. The van der Waals surface area contributed by atoms with Crippen LogP contribution in [0.5, 0.6) is 0 Å². The zero-order chi connectivity index (χ0) is 12.4. The lowest BCUT2D eigenvalue weighted by Gasteiger charge is -2.04. The summed E-state index contributed by atoms with van der Waals surface area (Å²) < 4.78 is 1.85. The molecule has 0 saturated heterocycles. The molecule has 5 heteroatoms. The Balaban J connectivity index is 1.85. The predicted molar refractivity (Wildman–Crippen MR) is 71.2 cm³/mol. The van der Waals surface area contributed by atoms with Crippen LogP contribution in [0.2, 0.25) is 0 Å². The molecule has 1 aromatic carbocycles. The van der Waals surface area contributed by atoms with E-state index in [2.05, 4.69) is 27.6 Å². The number of nitrogens with two attached hydrogens (primary N) is 1. The topological polar surface area (TPSA) is 68.2 Å². The van der Waals surface area contributed by atoms with Gasteiger partial charge in [-0.15, -0.1) is 10.2 Å². The zero-order valence-electron chi connectivity index (χ0n) is 9.74. The van der Waals surface area contributed by atoms with E-state index >= 15 is 0 Å². The maximum Gasteiger partial charge on any atom is 0.229 e. The van der Waals surface area contributed by atoms with Crippen molar-refractivity contribution in [2.75, 3.05) is 11.1 Å². The lowest BCUT2D eigenvalue weighted by atomic mass is 10.2. The number of aromatic nitrogens is 3. The summed E-state index contributed by atoms with van der Waals surface area (Å²) in [4.78, 5) is 0. The molecule has 0 aliphatic carbocycles. The third-order valence-electron chi connectivity index (χ3n) is 2.72. The van der Waals surface area contributed by atoms with E-state index in [1.807, 2.05) is 40.9 Å². The first-order valence-corrected chi connectivity index (χ1v) is 5.71. The number of nitrogens with one attached hydrogen (secondary N) is 1. The SMILES string of the molecule is Nc1ccc2nnc(NCc3ccccc3)n2c1. The number of nitrogen functional groups attached to an aromatic ring is 1. The zero-order valence-corrected chi connectivity index (χ0v) is 9.74. The Kier molecular flexibility index (Phi) is 2.57. The molecule has 2 heterocycles. The number of nitrogens with zero attached hydrogens (tertiary/aromatic N) is 3. The van der Waals surface area contributed by atoms with Gasteiger partial charge in [-0.2, -0.15) is 0 Å². The fraction of sp³-hybridized carbons (Fsp3) is 0.0769. The molecule has 0 spiro atoms. The Morgan fingerprint density at radius 1 is 1.06 bits per heavy atom. The molecule has 0 radical (unpaired) electrons. The van der Waals surface area contributed by atoms with Crippen LogP contribution in [0.4, 0.5) is 11.6 Å². The number of hydrogen-bond acceptors (Lipinski definition) is 4. The molecular formula is C13H13N5. The highest BCUT2D eigenvalue weighted by atomic mass is 15.3. The van der Waals surface area contributed by atoms with Gasteiger partial charge in [-0.05, 0) is 17.7 Å². The monoisotopic (exact) mass is 239 g/mol. The van der Waals surface area contributed by atoms with Crippen LogP contribution < -0.4 is 11.1 Å². The molecule has 0 atom stereocenters. The Morgan fingerprint density at radius 2 is 1.89 bits per heavy atom. The molecule has 0 amide bonds. The molecule has 0 unspecified atom stereocenters. The van der Waals surface area contributed by atoms with Crippen molar-refractivity contribution in [1.82, 2.24) is 14.6 Å². The smallest absolute Gasteiger partial charge is 0.229 e. The highest BCUT2D eigenvalue weighted by molar-refractivity contribution is 5.51. The highest BCUT2D eigenvalue weighted by Gasteiger charge is 2.04. The van der Waals surface area contributed by atoms with E-state index in [1.165, 1.54) is 5.56 Å². The van der Waals surface area contributed by atoms with Crippen molar-refractivity contribution < 1.29 is 0 Å². The van der Waals surface area contributed by atoms with E-state index in [-0.39, 0.29) is 0 Å². The summed E-state index contributed by atoms with van der Waals surface area (Å²) in [6.07, 6.45) is 1.81. The van der Waals surface area contributed by atoms with Gasteiger partial charge in [0.1, 0.15) is 0 Å². The summed E-state index contributed by atoms with van der Waals surface area (Å²) in [6.45, 7) is 0.705. The van der Waals surface area contributed by atoms with Crippen molar-refractivity contribution in [3.8, 4) is 0 Å². The number of benzene rings is 1. The minimum atomic E-state index is 0.685. The second-order valence-electron chi connectivity index (χ2n) is 4.05. The van der Waals surface area contributed by atoms with Gasteiger partial charge in [0.05, 0.1) is 0 Å². The molecule has 0 fully saturated rings. The largest absolute Gasteiger partial charge is 0.398 e. The summed E-state index contributed by atoms with van der Waals surface area (Å²) >= 11 is 0. The van der Waals surface area contributed by atoms with Gasteiger partial charge < -0.3 is 11.1 Å². The quantitative estimate of drug-likeness (QED) is 0.732. The standard InChI is InChI=1S/C13H13N5/c14-11-6-7-12-16-17-13(18(12)9-11)15-8-10-4-2-1-3-5-10/h1-7,9H,8,14H2,(H,15,17). The number of hydrogen-bond donors (Lipinski definition) is 2. The van der Waals surface area contributed by atoms with E-state index < -0.39 is 0 Å². The summed E-state index contributed by atoms with van der Waals surface area (Å²) in [5.74, 6) is 0.696. The van der Waals surface area contributed by atoms with Crippen LogP contribution in [-0.4, -0.2) is 14.6 Å². The van der Waals surface area contributed by atoms with E-state index in [0.29, 0.717) is 18.2 Å². The van der Waals surface area contributed by atoms with Crippen LogP contribution in [0.15, 0.2) is 48.7 Å². The van der Waals surface area contributed by atoms with Crippen molar-refractivity contribution in [2.45, 2.75) is 6.54 Å². The van der Waals surface area contributed by atoms with Crippen molar-refractivity contribution >= 4 is 17.3 Å². The van der Waals surface area contributed by atoms with Crippen molar-refractivity contribution in [3.05, 3.63) is 54.2 Å². The lowest BCUT2D eigenvalue weighted by molar-refractivity contribution is 1.03. The molecule has 3 aromatic rings. The van der Waals surface area contributed by atoms with Crippen LogP contribution in [0.1, 0.15) is 5.56 Å². The van der Waals surface area contributed by atoms with Crippen LogP contribution in [0, 0.1) is 0 Å². The molecule has 0 saturated carbocycles. The Labute approximate surface area is 104 Å². The first-order valence-electron chi connectivity index (χ1n) is 5.71. The van der Waals surface area contributed by atoms with Crippen LogP contribution >= 0.6 is 0 Å². The highest BCUT2D eigenvalue weighted by Crippen LogP contribution is 2.12. The number of fused-ring (bicyclic) bond motifs is 1. The molecule has 18 heavy (non-hydrogen) atoms. The summed E-state index contributed by atoms with van der Waals surface area (Å²) in [5, 5.41) is 11.4. The van der Waals surface area contributed by atoms with Gasteiger partial charge in [0.15, 0.2) is 5.65 Å². The van der Waals surface area contributed by atoms with Crippen molar-refractivity contribution in [3.63, 3.8) is 0 Å². The van der Waals surface area contributed by atoms with Gasteiger partial charge in [0.2, 0.25) is 5.95 Å². The van der Waals surface area contributed by atoms with Gasteiger partial charge in [0.25, 0.3) is 0 Å². The average Bonchev–Trinajstić information content (AvgIpc) is 2.80. The normalized spacial score (nSPS) is 10.7. The molecule has 3 N–H and O–H groups in total. The third kappa shape index (κ3) is 1.98. The van der Waals surface area contributed by atoms with E-state index in [0.717, 1.165) is 5.65 Å². The fourth-order valence-electron chi connectivity index (χ4n) is 1.80. The Hall–Kier alpha value is -2.56. The lowest BCUT2D eigenvalue weighted by Crippen LogP contribution is -2.03. The molecule has 0 bridgehead atoms. The molecule has 2 aromatic heterocycles. The molecule has 90 valence electrons. The number of anilines is 2. The second-order valence-corrected chi connectivity index (χ2v) is 4.05. The Morgan fingerprint density at radius 3 is 2.72 bits per heavy atom. The van der Waals surface area contributed by atoms with Crippen LogP contribution in [-0.2, 0) is 6.54 Å². The third-order valence-corrected chi connectivity index (χ3v) is 2.72. The van der Waals surface area contributed by atoms with Crippen molar-refractivity contribution in [1.29, 1.82) is 0 Å². The minimum Gasteiger partial charge on any atom is -0.398 e.